The number of esters is 1. The molecule has 0 aliphatic heterocycles. The number of halogens is 2. The Labute approximate surface area is 238 Å². The van der Waals surface area contributed by atoms with Gasteiger partial charge < -0.3 is 10.1 Å². The van der Waals surface area contributed by atoms with Crippen molar-refractivity contribution in [2.24, 2.45) is 17.8 Å². The van der Waals surface area contributed by atoms with Crippen molar-refractivity contribution in [1.82, 2.24) is 10.3 Å². The van der Waals surface area contributed by atoms with Gasteiger partial charge in [-0.1, -0.05) is 60.0 Å². The van der Waals surface area contributed by atoms with Crippen molar-refractivity contribution in [3.63, 3.8) is 0 Å². The molecule has 7 heteroatoms. The van der Waals surface area contributed by atoms with Crippen LogP contribution >= 0.6 is 23.2 Å². The molecule has 0 saturated heterocycles. The molecule has 0 unspecified atom stereocenters. The molecule has 3 aliphatic carbocycles. The summed E-state index contributed by atoms with van der Waals surface area (Å²) in [6, 6.07) is 13.2. The van der Waals surface area contributed by atoms with Gasteiger partial charge in [0, 0.05) is 11.4 Å². The number of fused-ring (bicyclic) bond motifs is 4. The SMILES string of the molecule is C[C@@H](NC(=O)COC(=O)c1c2c(nc3ccccc13)/C(=C\c1cccc(Cl)c1Cl)CCC2)[C@@H]1C[C@H]2CC[C@H]1C2. The molecule has 1 aromatic heterocycles. The maximum atomic E-state index is 13.6. The highest BCUT2D eigenvalue weighted by Gasteiger charge is 2.42. The summed E-state index contributed by atoms with van der Waals surface area (Å²) in [5.74, 6) is 1.32. The number of nitrogens with one attached hydrogen (secondary N) is 1. The van der Waals surface area contributed by atoms with Crippen molar-refractivity contribution in [2.75, 3.05) is 6.61 Å². The van der Waals surface area contributed by atoms with Gasteiger partial charge >= 0.3 is 5.97 Å². The zero-order valence-corrected chi connectivity index (χ0v) is 23.5. The Bertz CT molecular complexity index is 1480. The summed E-state index contributed by atoms with van der Waals surface area (Å²) >= 11 is 12.7. The molecule has 2 saturated carbocycles. The van der Waals surface area contributed by atoms with Crippen LogP contribution in [0.3, 0.4) is 0 Å². The maximum absolute atomic E-state index is 13.6. The third-order valence-corrected chi connectivity index (χ3v) is 9.68. The van der Waals surface area contributed by atoms with Crippen LogP contribution in [-0.2, 0) is 16.0 Å². The van der Waals surface area contributed by atoms with Crippen LogP contribution in [0.15, 0.2) is 42.5 Å². The molecule has 39 heavy (non-hydrogen) atoms. The molecule has 1 heterocycles. The van der Waals surface area contributed by atoms with E-state index in [1.165, 1.54) is 25.7 Å². The van der Waals surface area contributed by atoms with Gasteiger partial charge in [0.05, 0.1) is 26.8 Å². The van der Waals surface area contributed by atoms with E-state index in [0.717, 1.165) is 46.5 Å². The van der Waals surface area contributed by atoms with Gasteiger partial charge in [0.15, 0.2) is 6.61 Å². The first-order valence-corrected chi connectivity index (χ1v) is 14.7. The second kappa shape index (κ2) is 10.9. The highest BCUT2D eigenvalue weighted by molar-refractivity contribution is 6.43. The zero-order valence-electron chi connectivity index (χ0n) is 22.0. The monoisotopic (exact) mass is 562 g/mol. The Morgan fingerprint density at radius 2 is 1.95 bits per heavy atom. The van der Waals surface area contributed by atoms with E-state index < -0.39 is 5.97 Å². The number of hydrogen-bond donors (Lipinski definition) is 1. The van der Waals surface area contributed by atoms with Gasteiger partial charge in [-0.3, -0.25) is 4.79 Å². The molecule has 3 aliphatic rings. The molecule has 2 fully saturated rings. The lowest BCUT2D eigenvalue weighted by atomic mass is 9.84. The summed E-state index contributed by atoms with van der Waals surface area (Å²) in [5.41, 5.74) is 4.64. The predicted octanol–water partition coefficient (Wildman–Crippen LogP) is 7.52. The summed E-state index contributed by atoms with van der Waals surface area (Å²) in [5, 5.41) is 4.81. The summed E-state index contributed by atoms with van der Waals surface area (Å²) in [6.45, 7) is 1.79. The fourth-order valence-corrected chi connectivity index (χ4v) is 7.40. The summed E-state index contributed by atoms with van der Waals surface area (Å²) in [4.78, 5) is 31.3. The van der Waals surface area contributed by atoms with Gasteiger partial charge in [-0.2, -0.15) is 0 Å². The van der Waals surface area contributed by atoms with Crippen LogP contribution in [0.4, 0.5) is 0 Å². The van der Waals surface area contributed by atoms with Crippen LogP contribution in [0.2, 0.25) is 10.0 Å². The van der Waals surface area contributed by atoms with Crippen molar-refractivity contribution in [2.45, 2.75) is 57.9 Å². The van der Waals surface area contributed by atoms with E-state index in [-0.39, 0.29) is 18.6 Å². The average Bonchev–Trinajstić information content (AvgIpc) is 3.57. The number of benzene rings is 2. The quantitative estimate of drug-likeness (QED) is 0.315. The summed E-state index contributed by atoms with van der Waals surface area (Å²) < 4.78 is 5.64. The molecule has 1 N–H and O–H groups in total. The van der Waals surface area contributed by atoms with E-state index >= 15 is 0 Å². The van der Waals surface area contributed by atoms with E-state index in [9.17, 15) is 9.59 Å². The average molecular weight is 564 g/mol. The van der Waals surface area contributed by atoms with Gasteiger partial charge in [0.25, 0.3) is 5.91 Å². The molecule has 1 amide bonds. The Morgan fingerprint density at radius 3 is 2.74 bits per heavy atom. The Balaban J connectivity index is 1.26. The minimum atomic E-state index is -0.491. The van der Waals surface area contributed by atoms with Crippen LogP contribution in [0, 0.1) is 17.8 Å². The smallest absolute Gasteiger partial charge is 0.339 e. The topological polar surface area (TPSA) is 68.3 Å². The fraction of sp³-hybridized carbons (Fsp3) is 0.406. The Hall–Kier alpha value is -2.89. The van der Waals surface area contributed by atoms with Crippen LogP contribution in [0.1, 0.15) is 72.6 Å². The van der Waals surface area contributed by atoms with Crippen LogP contribution < -0.4 is 5.32 Å². The number of pyridine rings is 1. The molecule has 3 aromatic rings. The third-order valence-electron chi connectivity index (χ3n) is 8.84. The van der Waals surface area contributed by atoms with Gasteiger partial charge in [0.2, 0.25) is 0 Å². The van der Waals surface area contributed by atoms with Gasteiger partial charge in [0.1, 0.15) is 0 Å². The van der Waals surface area contributed by atoms with E-state index in [2.05, 4.69) is 12.2 Å². The van der Waals surface area contributed by atoms with Gasteiger partial charge in [-0.25, -0.2) is 9.78 Å². The van der Waals surface area contributed by atoms with Crippen molar-refractivity contribution in [3.8, 4) is 0 Å². The summed E-state index contributed by atoms with van der Waals surface area (Å²) in [7, 11) is 0. The van der Waals surface area contributed by atoms with Crippen LogP contribution in [0.25, 0.3) is 22.6 Å². The van der Waals surface area contributed by atoms with Crippen molar-refractivity contribution in [3.05, 3.63) is 74.9 Å². The normalized spacial score (nSPS) is 23.6. The highest BCUT2D eigenvalue weighted by atomic mass is 35.5. The minimum absolute atomic E-state index is 0.0898. The second-order valence-corrected chi connectivity index (χ2v) is 12.1. The lowest BCUT2D eigenvalue weighted by molar-refractivity contribution is -0.125. The van der Waals surface area contributed by atoms with Crippen molar-refractivity contribution < 1.29 is 14.3 Å². The van der Waals surface area contributed by atoms with E-state index in [0.29, 0.717) is 39.4 Å². The predicted molar refractivity (Wildman–Crippen MR) is 156 cm³/mol. The standard InChI is InChI=1S/C32H32Cl2N2O3/c1-18(25-15-19-12-13-20(25)14-19)35-28(37)17-39-32(38)29-23-8-2-3-11-27(23)36-31-22(7-4-9-24(29)31)16-21-6-5-10-26(33)30(21)34/h2-3,5-6,8,10-11,16,18-20,25H,4,7,9,12-15,17H2,1H3,(H,35,37)/b22-16-/t18-,19+,20+,25+/m1/s1. The number of carbonyl (C=O) groups is 2. The van der Waals surface area contributed by atoms with E-state index in [4.69, 9.17) is 32.9 Å². The third kappa shape index (κ3) is 5.19. The van der Waals surface area contributed by atoms with Gasteiger partial charge in [-0.05, 0) is 98.1 Å². The molecule has 5 nitrogen and oxygen atoms in total. The molecule has 4 atom stereocenters. The molecule has 0 radical (unpaired) electrons. The molecule has 2 aromatic carbocycles. The van der Waals surface area contributed by atoms with Crippen LogP contribution in [0.5, 0.6) is 0 Å². The highest BCUT2D eigenvalue weighted by Crippen LogP contribution is 2.49. The molecular formula is C32H32Cl2N2O3. The van der Waals surface area contributed by atoms with Gasteiger partial charge in [-0.15, -0.1) is 0 Å². The first-order chi connectivity index (χ1) is 18.9. The largest absolute Gasteiger partial charge is 0.452 e. The number of allylic oxidation sites excluding steroid dienone is 1. The number of rotatable bonds is 6. The molecule has 202 valence electrons. The number of aromatic nitrogens is 1. The number of nitrogens with zero attached hydrogens (tertiary/aromatic N) is 1. The van der Waals surface area contributed by atoms with Crippen LogP contribution in [-0.4, -0.2) is 29.5 Å². The number of amides is 1. The molecule has 2 bridgehead atoms. The second-order valence-electron chi connectivity index (χ2n) is 11.3. The van der Waals surface area contributed by atoms with Crippen molar-refractivity contribution in [1.29, 1.82) is 0 Å². The lowest BCUT2D eigenvalue weighted by Crippen LogP contribution is -2.42. The fourth-order valence-electron chi connectivity index (χ4n) is 7.04. The molecular weight excluding hydrogens is 531 g/mol. The van der Waals surface area contributed by atoms with E-state index in [1.54, 1.807) is 6.07 Å². The van der Waals surface area contributed by atoms with E-state index in [1.807, 2.05) is 42.5 Å². The Morgan fingerprint density at radius 1 is 1.10 bits per heavy atom. The molecule has 0 spiro atoms. The first-order valence-electron chi connectivity index (χ1n) is 13.9. The lowest BCUT2D eigenvalue weighted by Gasteiger charge is -2.28. The number of hydrogen-bond acceptors (Lipinski definition) is 4. The number of para-hydroxylation sites is 1. The maximum Gasteiger partial charge on any atom is 0.339 e. The molecule has 6 rings (SSSR count). The Kier molecular flexibility index (Phi) is 7.39. The summed E-state index contributed by atoms with van der Waals surface area (Å²) in [6.07, 6.45) is 9.45. The number of ether oxygens (including phenoxy) is 1. The first kappa shape index (κ1) is 26.3. The van der Waals surface area contributed by atoms with Crippen molar-refractivity contribution >= 4 is 57.6 Å². The minimum Gasteiger partial charge on any atom is -0.452 e. The zero-order chi connectivity index (χ0) is 27.1. The number of carbonyl (C=O) groups excluding carboxylic acids is 2.